The highest BCUT2D eigenvalue weighted by Crippen LogP contribution is 2.30. The van der Waals surface area contributed by atoms with E-state index in [0.29, 0.717) is 37.7 Å². The number of carbonyl (C=O) groups excluding carboxylic acids is 2. The summed E-state index contributed by atoms with van der Waals surface area (Å²) in [5, 5.41) is 12.2. The van der Waals surface area contributed by atoms with Crippen molar-refractivity contribution in [1.29, 1.82) is 0 Å². The smallest absolute Gasteiger partial charge is 0.295 e. The summed E-state index contributed by atoms with van der Waals surface area (Å²) < 4.78 is 21.9. The van der Waals surface area contributed by atoms with Crippen molar-refractivity contribution in [3.63, 3.8) is 0 Å². The second-order valence-corrected chi connectivity index (χ2v) is 8.30. The third-order valence-corrected chi connectivity index (χ3v) is 6.20. The Balaban J connectivity index is 1.18. The monoisotopic (exact) mass is 487 g/mol. The molecule has 36 heavy (non-hydrogen) atoms. The predicted octanol–water partition coefficient (Wildman–Crippen LogP) is 2.32. The van der Waals surface area contributed by atoms with E-state index in [1.54, 1.807) is 18.5 Å². The van der Waals surface area contributed by atoms with Gasteiger partial charge in [0.05, 0.1) is 28.2 Å². The van der Waals surface area contributed by atoms with E-state index < -0.39 is 17.5 Å². The van der Waals surface area contributed by atoms with Crippen LogP contribution in [0.1, 0.15) is 35.0 Å². The van der Waals surface area contributed by atoms with Crippen LogP contribution in [-0.2, 0) is 4.79 Å². The number of rotatable bonds is 5. The molecular formula is C23H18FN9O3. The molecule has 0 saturated carbocycles. The fraction of sp³-hybridized carbons (Fsp3) is 0.217. The number of nitrogens with zero attached hydrogens (tertiary/aromatic N) is 8. The molecule has 5 aromatic rings. The Morgan fingerprint density at radius 2 is 2.00 bits per heavy atom. The fourth-order valence-electron chi connectivity index (χ4n) is 4.36. The van der Waals surface area contributed by atoms with Crippen molar-refractivity contribution >= 4 is 22.6 Å². The van der Waals surface area contributed by atoms with Gasteiger partial charge in [0.15, 0.2) is 11.6 Å². The van der Waals surface area contributed by atoms with Crippen LogP contribution in [0.2, 0.25) is 0 Å². The van der Waals surface area contributed by atoms with Crippen molar-refractivity contribution in [3.05, 3.63) is 66.8 Å². The highest BCUT2D eigenvalue weighted by molar-refractivity contribution is 6.45. The second-order valence-electron chi connectivity index (χ2n) is 8.30. The number of pyridine rings is 2. The number of H-pyrrole nitrogens is 1. The molecule has 0 atom stereocenters. The average Bonchev–Trinajstić information content (AvgIpc) is 3.70. The highest BCUT2D eigenvalue weighted by Gasteiger charge is 2.32. The molecule has 5 aromatic heterocycles. The van der Waals surface area contributed by atoms with Gasteiger partial charge in [-0.15, -0.1) is 10.2 Å². The number of aromatic nitrogens is 8. The van der Waals surface area contributed by atoms with Crippen LogP contribution >= 0.6 is 0 Å². The molecule has 1 amide bonds. The number of amides is 1. The van der Waals surface area contributed by atoms with Gasteiger partial charge in [-0.3, -0.25) is 14.6 Å². The molecular weight excluding hydrogens is 469 g/mol. The van der Waals surface area contributed by atoms with Crippen molar-refractivity contribution in [1.82, 2.24) is 44.8 Å². The number of hydrogen-bond acceptors (Lipinski definition) is 9. The average molecular weight is 487 g/mol. The lowest BCUT2D eigenvalue weighted by Gasteiger charge is -2.29. The van der Waals surface area contributed by atoms with E-state index in [0.717, 1.165) is 11.8 Å². The summed E-state index contributed by atoms with van der Waals surface area (Å²) in [5.74, 6) is -1.12. The lowest BCUT2D eigenvalue weighted by molar-refractivity contribution is -0.127. The summed E-state index contributed by atoms with van der Waals surface area (Å²) in [4.78, 5) is 42.4. The van der Waals surface area contributed by atoms with Gasteiger partial charge in [-0.05, 0) is 25.0 Å². The van der Waals surface area contributed by atoms with Crippen molar-refractivity contribution < 1.29 is 18.4 Å². The predicted molar refractivity (Wildman–Crippen MR) is 121 cm³/mol. The van der Waals surface area contributed by atoms with Gasteiger partial charge < -0.3 is 14.3 Å². The number of fused-ring (bicyclic) bond motifs is 1. The number of aromatic amines is 1. The standard InChI is InChI=1S/C23H18FN9O3/c24-16-10-28-20(33-12-26-11-29-33)18-17(16)15(9-27-18)19(34)23(35)32-6-3-13(4-7-32)21-30-31-22(36-21)14-2-1-5-25-8-14/h1-2,5,8-13,27H,3-4,6-7H2. The Labute approximate surface area is 202 Å². The van der Waals surface area contributed by atoms with Crippen LogP contribution in [0.5, 0.6) is 0 Å². The van der Waals surface area contributed by atoms with Crippen molar-refractivity contribution in [2.24, 2.45) is 0 Å². The van der Waals surface area contributed by atoms with Crippen LogP contribution in [0, 0.1) is 5.82 Å². The van der Waals surface area contributed by atoms with Crippen molar-refractivity contribution in [3.8, 4) is 17.3 Å². The first-order valence-electron chi connectivity index (χ1n) is 11.2. The third kappa shape index (κ3) is 3.70. The quantitative estimate of drug-likeness (QED) is 0.291. The van der Waals surface area contributed by atoms with E-state index in [9.17, 15) is 14.0 Å². The summed E-state index contributed by atoms with van der Waals surface area (Å²) in [6.45, 7) is 0.660. The zero-order valence-electron chi connectivity index (χ0n) is 18.7. The van der Waals surface area contributed by atoms with Gasteiger partial charge in [0.2, 0.25) is 11.8 Å². The van der Waals surface area contributed by atoms with Gasteiger partial charge in [0, 0.05) is 37.6 Å². The van der Waals surface area contributed by atoms with Gasteiger partial charge in [0.1, 0.15) is 12.7 Å². The molecule has 0 unspecified atom stereocenters. The van der Waals surface area contributed by atoms with E-state index in [1.807, 2.05) is 6.07 Å². The number of halogens is 1. The molecule has 0 radical (unpaired) electrons. The van der Waals surface area contributed by atoms with Gasteiger partial charge in [-0.1, -0.05) is 0 Å². The van der Waals surface area contributed by atoms with E-state index in [4.69, 9.17) is 4.42 Å². The van der Waals surface area contributed by atoms with E-state index in [1.165, 1.54) is 28.4 Å². The number of nitrogens with one attached hydrogen (secondary N) is 1. The van der Waals surface area contributed by atoms with Crippen molar-refractivity contribution in [2.75, 3.05) is 13.1 Å². The van der Waals surface area contributed by atoms with E-state index in [-0.39, 0.29) is 28.2 Å². The number of likely N-dealkylation sites (tertiary alicyclic amines) is 1. The van der Waals surface area contributed by atoms with Gasteiger partial charge in [-0.2, -0.15) is 5.10 Å². The molecule has 0 bridgehead atoms. The molecule has 0 spiro atoms. The summed E-state index contributed by atoms with van der Waals surface area (Å²) in [6.07, 6.45) is 9.43. The Kier molecular flexibility index (Phi) is 5.28. The molecule has 0 aliphatic carbocycles. The number of ketones is 1. The number of Topliss-reactive ketones (excluding diaryl/α,β-unsaturated/α-hetero) is 1. The molecule has 12 nitrogen and oxygen atoms in total. The minimum atomic E-state index is -0.800. The minimum Gasteiger partial charge on any atom is -0.420 e. The van der Waals surface area contributed by atoms with Crippen molar-refractivity contribution in [2.45, 2.75) is 18.8 Å². The third-order valence-electron chi connectivity index (χ3n) is 6.20. The molecule has 1 fully saturated rings. The van der Waals surface area contributed by atoms with Crippen LogP contribution in [0.3, 0.4) is 0 Å². The number of hydrogen-bond donors (Lipinski definition) is 1. The molecule has 6 rings (SSSR count). The second kappa shape index (κ2) is 8.76. The highest BCUT2D eigenvalue weighted by atomic mass is 19.1. The first-order valence-corrected chi connectivity index (χ1v) is 11.2. The Bertz CT molecular complexity index is 1550. The summed E-state index contributed by atoms with van der Waals surface area (Å²) in [5.41, 5.74) is 0.912. The SMILES string of the molecule is O=C(C(=O)N1CCC(c2nnc(-c3cccnc3)o2)CC1)c1c[nH]c2c(-n3cncn3)ncc(F)c12. The lowest BCUT2D eigenvalue weighted by Crippen LogP contribution is -2.41. The minimum absolute atomic E-state index is 0.0162. The van der Waals surface area contributed by atoms with Crippen LogP contribution in [0.15, 0.2) is 54.0 Å². The maximum absolute atomic E-state index is 14.7. The molecule has 1 aliphatic rings. The zero-order valence-corrected chi connectivity index (χ0v) is 18.7. The Morgan fingerprint density at radius 1 is 1.14 bits per heavy atom. The van der Waals surface area contributed by atoms with Crippen LogP contribution in [-0.4, -0.2) is 69.6 Å². The van der Waals surface area contributed by atoms with Crippen LogP contribution in [0.25, 0.3) is 28.2 Å². The Hall–Kier alpha value is -4.81. The summed E-state index contributed by atoms with van der Waals surface area (Å²) in [7, 11) is 0. The summed E-state index contributed by atoms with van der Waals surface area (Å²) >= 11 is 0. The molecule has 1 N–H and O–H groups in total. The summed E-state index contributed by atoms with van der Waals surface area (Å²) in [6, 6.07) is 3.61. The first-order chi connectivity index (χ1) is 17.6. The van der Waals surface area contributed by atoms with Crippen LogP contribution in [0.4, 0.5) is 4.39 Å². The first kappa shape index (κ1) is 21.7. The van der Waals surface area contributed by atoms with Gasteiger partial charge in [0.25, 0.3) is 11.7 Å². The van der Waals surface area contributed by atoms with Gasteiger partial charge >= 0.3 is 0 Å². The molecule has 13 heteroatoms. The lowest BCUT2D eigenvalue weighted by atomic mass is 9.96. The zero-order chi connectivity index (χ0) is 24.6. The molecule has 180 valence electrons. The molecule has 1 aliphatic heterocycles. The molecule has 1 saturated heterocycles. The maximum Gasteiger partial charge on any atom is 0.295 e. The molecule has 6 heterocycles. The molecule has 0 aromatic carbocycles. The van der Waals surface area contributed by atoms with Gasteiger partial charge in [-0.25, -0.2) is 19.0 Å². The number of piperidine rings is 1. The van der Waals surface area contributed by atoms with Crippen LogP contribution < -0.4 is 0 Å². The topological polar surface area (TPSA) is 149 Å². The van der Waals surface area contributed by atoms with E-state index >= 15 is 0 Å². The van der Waals surface area contributed by atoms with E-state index in [2.05, 4.69) is 35.2 Å². The Morgan fingerprint density at radius 3 is 2.75 bits per heavy atom. The normalized spacial score (nSPS) is 14.4. The fourth-order valence-corrected chi connectivity index (χ4v) is 4.36. The maximum atomic E-state index is 14.7. The number of carbonyl (C=O) groups is 2. The largest absolute Gasteiger partial charge is 0.420 e.